The lowest BCUT2D eigenvalue weighted by atomic mass is 9.80. The Kier molecular flexibility index (Phi) is 14.3. The van der Waals surface area contributed by atoms with Crippen LogP contribution in [0.3, 0.4) is 0 Å². The molecule has 0 aromatic carbocycles. The molecule has 0 radical (unpaired) electrons. The molecule has 3 aliphatic rings. The summed E-state index contributed by atoms with van der Waals surface area (Å²) >= 11 is 2.14. The van der Waals surface area contributed by atoms with Crippen LogP contribution >= 0.6 is 11.8 Å². The van der Waals surface area contributed by atoms with Crippen LogP contribution in [-0.4, -0.2) is 72.5 Å². The monoisotopic (exact) mass is 586 g/mol. The molecule has 6 unspecified atom stereocenters. The number of rotatable bonds is 11. The summed E-state index contributed by atoms with van der Waals surface area (Å²) in [7, 11) is 1.85. The first-order valence-electron chi connectivity index (χ1n) is 15.2. The second kappa shape index (κ2) is 17.6. The molecule has 2 aliphatic carbocycles. The van der Waals surface area contributed by atoms with Crippen LogP contribution in [0.15, 0.2) is 25.3 Å². The van der Waals surface area contributed by atoms with E-state index in [0.717, 1.165) is 23.8 Å². The first-order chi connectivity index (χ1) is 19.8. The van der Waals surface area contributed by atoms with Gasteiger partial charge in [0.2, 0.25) is 0 Å². The second-order valence-electron chi connectivity index (χ2n) is 11.3. The molecular formula is C33H47FN2O4S. The largest absolute Gasteiger partial charge is 0.461 e. The fourth-order valence-electron chi connectivity index (χ4n) is 5.71. The maximum Gasteiger partial charge on any atom is 0.330 e. The summed E-state index contributed by atoms with van der Waals surface area (Å²) in [4.78, 5) is 25.1. The Morgan fingerprint density at radius 2 is 1.61 bits per heavy atom. The van der Waals surface area contributed by atoms with Crippen LogP contribution in [0.5, 0.6) is 0 Å². The van der Waals surface area contributed by atoms with Gasteiger partial charge in [0, 0.05) is 29.2 Å². The third-order valence-corrected chi connectivity index (χ3v) is 9.81. The summed E-state index contributed by atoms with van der Waals surface area (Å²) in [6, 6.07) is -0.597. The number of carbonyl (C=O) groups is 2. The third kappa shape index (κ3) is 10.8. The first-order valence-corrected chi connectivity index (χ1v) is 16.2. The highest BCUT2D eigenvalue weighted by atomic mass is 32.2. The van der Waals surface area contributed by atoms with E-state index in [9.17, 15) is 9.59 Å². The Hall–Kier alpha value is -2.26. The standard InChI is InChI=1S/C33H47FN2O4S/c1-5-8-9-20-41-27-17-13-24(14-18-27)10-11-25-12-15-26(28(34)21-25)16-19-31-35-29(22-39-32(37)6-2)30(36(31)4)23-40-33(38)7-3/h6-7,24-31,35H,2-3,5,8-9,12-15,17-18,20-23H2,1,4H3. The predicted molar refractivity (Wildman–Crippen MR) is 164 cm³/mol. The molecule has 1 heterocycles. The van der Waals surface area contributed by atoms with Crippen LogP contribution in [-0.2, 0) is 19.1 Å². The number of likely N-dealkylation sites (N-methyl/N-ethyl adjacent to an activating group) is 1. The highest BCUT2D eigenvalue weighted by Crippen LogP contribution is 2.34. The fourth-order valence-corrected chi connectivity index (χ4v) is 7.02. The molecule has 2 saturated carbocycles. The quantitative estimate of drug-likeness (QED) is 0.153. The second-order valence-corrected chi connectivity index (χ2v) is 12.7. The Morgan fingerprint density at radius 3 is 2.27 bits per heavy atom. The van der Waals surface area contributed by atoms with Gasteiger partial charge in [0.25, 0.3) is 0 Å². The van der Waals surface area contributed by atoms with Crippen molar-refractivity contribution in [2.45, 2.75) is 101 Å². The van der Waals surface area contributed by atoms with E-state index in [-0.39, 0.29) is 43.3 Å². The molecule has 1 N–H and O–H groups in total. The number of unbranched alkanes of at least 4 members (excludes halogenated alkanes) is 2. The van der Waals surface area contributed by atoms with E-state index in [0.29, 0.717) is 18.8 Å². The van der Waals surface area contributed by atoms with E-state index < -0.39 is 18.1 Å². The summed E-state index contributed by atoms with van der Waals surface area (Å²) in [5.41, 5.74) is 0. The van der Waals surface area contributed by atoms with Crippen LogP contribution in [0.1, 0.15) is 71.1 Å². The molecule has 3 rings (SSSR count). The molecule has 1 saturated heterocycles. The molecule has 226 valence electrons. The lowest BCUT2D eigenvalue weighted by Gasteiger charge is -2.27. The van der Waals surface area contributed by atoms with Gasteiger partial charge in [0.15, 0.2) is 0 Å². The van der Waals surface area contributed by atoms with Crippen molar-refractivity contribution in [1.82, 2.24) is 10.2 Å². The third-order valence-electron chi connectivity index (χ3n) is 8.35. The van der Waals surface area contributed by atoms with Crippen LogP contribution in [0, 0.1) is 41.4 Å². The molecule has 1 aliphatic heterocycles. The van der Waals surface area contributed by atoms with Gasteiger partial charge in [-0.2, -0.15) is 11.8 Å². The molecule has 0 bridgehead atoms. The van der Waals surface area contributed by atoms with Gasteiger partial charge in [-0.15, -0.1) is 0 Å². The molecule has 6 nitrogen and oxygen atoms in total. The minimum absolute atomic E-state index is 0.0681. The van der Waals surface area contributed by atoms with E-state index in [1.165, 1.54) is 50.7 Å². The summed E-state index contributed by atoms with van der Waals surface area (Å²) in [5, 5.41) is 4.12. The van der Waals surface area contributed by atoms with Crippen LogP contribution < -0.4 is 5.32 Å². The zero-order valence-electron chi connectivity index (χ0n) is 24.7. The number of halogens is 1. The summed E-state index contributed by atoms with van der Waals surface area (Å²) in [6.07, 6.45) is 11.6. The summed E-state index contributed by atoms with van der Waals surface area (Å²) < 4.78 is 25.6. The SMILES string of the molecule is C=CC(=O)OCC1NC(C#CC2CCC(C#CC3CCC(SCCCCC)CC3)CC2F)N(C)C1COC(=O)C=C. The van der Waals surface area contributed by atoms with Crippen molar-refractivity contribution in [3.05, 3.63) is 25.3 Å². The maximum atomic E-state index is 15.2. The van der Waals surface area contributed by atoms with Crippen molar-refractivity contribution >= 4 is 23.7 Å². The van der Waals surface area contributed by atoms with Crippen LogP contribution in [0.25, 0.3) is 0 Å². The Morgan fingerprint density at radius 1 is 0.951 bits per heavy atom. The number of hydrogen-bond acceptors (Lipinski definition) is 7. The molecular weight excluding hydrogens is 539 g/mol. The number of carbonyl (C=O) groups excluding carboxylic acids is 2. The van der Waals surface area contributed by atoms with E-state index >= 15 is 4.39 Å². The molecule has 0 spiro atoms. The van der Waals surface area contributed by atoms with Crippen LogP contribution in [0.2, 0.25) is 0 Å². The minimum Gasteiger partial charge on any atom is -0.461 e. The lowest BCUT2D eigenvalue weighted by molar-refractivity contribution is -0.141. The number of esters is 2. The van der Waals surface area contributed by atoms with E-state index in [4.69, 9.17) is 9.47 Å². The van der Waals surface area contributed by atoms with Gasteiger partial charge in [-0.3, -0.25) is 10.2 Å². The van der Waals surface area contributed by atoms with E-state index in [1.54, 1.807) is 0 Å². The summed E-state index contributed by atoms with van der Waals surface area (Å²) in [6.45, 7) is 9.24. The average molecular weight is 587 g/mol. The predicted octanol–water partition coefficient (Wildman–Crippen LogP) is 5.29. The van der Waals surface area contributed by atoms with Gasteiger partial charge >= 0.3 is 11.9 Å². The number of nitrogens with one attached hydrogen (secondary N) is 1. The first kappa shape index (κ1) is 33.2. The maximum absolute atomic E-state index is 15.2. The van der Waals surface area contributed by atoms with Gasteiger partial charge in [-0.25, -0.2) is 14.0 Å². The highest BCUT2D eigenvalue weighted by Gasteiger charge is 2.39. The number of alkyl halides is 1. The Labute approximate surface area is 250 Å². The Bertz CT molecular complexity index is 1010. The minimum atomic E-state index is -1.01. The summed E-state index contributed by atoms with van der Waals surface area (Å²) in [5.74, 6) is 13.7. The Balaban J connectivity index is 1.48. The topological polar surface area (TPSA) is 67.9 Å². The molecule has 3 fully saturated rings. The van der Waals surface area contributed by atoms with E-state index in [2.05, 4.69) is 60.8 Å². The van der Waals surface area contributed by atoms with Gasteiger partial charge in [-0.1, -0.05) is 56.6 Å². The number of thioether (sulfide) groups is 1. The van der Waals surface area contributed by atoms with Gasteiger partial charge in [0.1, 0.15) is 25.6 Å². The van der Waals surface area contributed by atoms with Crippen molar-refractivity contribution < 1.29 is 23.5 Å². The zero-order valence-corrected chi connectivity index (χ0v) is 25.6. The molecule has 0 aromatic rings. The van der Waals surface area contributed by atoms with Crippen molar-refractivity contribution in [2.75, 3.05) is 26.0 Å². The number of nitrogens with zero attached hydrogens (tertiary/aromatic N) is 1. The molecule has 8 heteroatoms. The molecule has 41 heavy (non-hydrogen) atoms. The number of ether oxygens (including phenoxy) is 2. The fraction of sp³-hybridized carbons (Fsp3) is 0.697. The molecule has 0 aromatic heterocycles. The number of hydrogen-bond donors (Lipinski definition) is 1. The van der Waals surface area contributed by atoms with Crippen molar-refractivity contribution in [2.24, 2.45) is 17.8 Å². The van der Waals surface area contributed by atoms with Gasteiger partial charge in [0.05, 0.1) is 18.0 Å². The molecule has 0 amide bonds. The highest BCUT2D eigenvalue weighted by molar-refractivity contribution is 7.99. The van der Waals surface area contributed by atoms with Crippen molar-refractivity contribution in [3.8, 4) is 23.7 Å². The van der Waals surface area contributed by atoms with E-state index in [1.807, 2.05) is 11.9 Å². The smallest absolute Gasteiger partial charge is 0.330 e. The normalized spacial score (nSPS) is 31.6. The molecule has 6 atom stereocenters. The van der Waals surface area contributed by atoms with Crippen molar-refractivity contribution in [3.63, 3.8) is 0 Å². The van der Waals surface area contributed by atoms with Crippen LogP contribution in [0.4, 0.5) is 4.39 Å². The lowest BCUT2D eigenvalue weighted by Crippen LogP contribution is -2.42. The average Bonchev–Trinajstić information content (AvgIpc) is 3.29. The zero-order chi connectivity index (χ0) is 29.6. The van der Waals surface area contributed by atoms with Gasteiger partial charge in [-0.05, 0) is 64.2 Å². The van der Waals surface area contributed by atoms with Crippen molar-refractivity contribution in [1.29, 1.82) is 0 Å². The van der Waals surface area contributed by atoms with Gasteiger partial charge < -0.3 is 9.47 Å².